The summed E-state index contributed by atoms with van der Waals surface area (Å²) in [6.07, 6.45) is 6.36. The topological polar surface area (TPSA) is 81.2 Å². The number of likely N-dealkylation sites (tertiary alicyclic amines) is 1. The van der Waals surface area contributed by atoms with Gasteiger partial charge in [0.1, 0.15) is 0 Å². The summed E-state index contributed by atoms with van der Waals surface area (Å²) >= 11 is 0. The lowest BCUT2D eigenvalue weighted by molar-refractivity contribution is 0.0640. The zero-order valence-electron chi connectivity index (χ0n) is 12.4. The molecule has 0 aromatic carbocycles. The van der Waals surface area contributed by atoms with Crippen LogP contribution in [0.15, 0.2) is 34.1 Å². The molecule has 1 amide bonds. The minimum absolute atomic E-state index is 0.00941. The van der Waals surface area contributed by atoms with Crippen LogP contribution in [0.1, 0.15) is 29.0 Å². The van der Waals surface area contributed by atoms with Gasteiger partial charge in [0.25, 0.3) is 11.5 Å². The standard InChI is InChI=1S/C15H18N4O3/c1-11-8-16-10-19(14(11)20)9-12-3-6-18(7-4-12)15(21)13-2-5-17-22-13/h2,5,8,10,12H,3-4,6-7,9H2,1H3. The van der Waals surface area contributed by atoms with Crippen LogP contribution in [0.5, 0.6) is 0 Å². The van der Waals surface area contributed by atoms with E-state index in [0.29, 0.717) is 31.1 Å². The van der Waals surface area contributed by atoms with E-state index in [0.717, 1.165) is 12.8 Å². The van der Waals surface area contributed by atoms with Crippen molar-refractivity contribution in [2.24, 2.45) is 5.92 Å². The number of carbonyl (C=O) groups is 1. The average molecular weight is 302 g/mol. The van der Waals surface area contributed by atoms with Crippen LogP contribution in [0, 0.1) is 12.8 Å². The third-order valence-electron chi connectivity index (χ3n) is 4.08. The Morgan fingerprint density at radius 1 is 1.41 bits per heavy atom. The zero-order chi connectivity index (χ0) is 15.5. The first kappa shape index (κ1) is 14.5. The summed E-state index contributed by atoms with van der Waals surface area (Å²) in [6.45, 7) is 3.75. The second-order valence-electron chi connectivity index (χ2n) is 5.65. The fraction of sp³-hybridized carbons (Fsp3) is 0.467. The molecule has 7 nitrogen and oxygen atoms in total. The van der Waals surface area contributed by atoms with Gasteiger partial charge >= 0.3 is 0 Å². The molecule has 1 aliphatic rings. The van der Waals surface area contributed by atoms with Crippen molar-refractivity contribution >= 4 is 5.91 Å². The molecule has 1 aliphatic heterocycles. The number of nitrogens with zero attached hydrogens (tertiary/aromatic N) is 4. The van der Waals surface area contributed by atoms with Crippen LogP contribution in [0.2, 0.25) is 0 Å². The van der Waals surface area contributed by atoms with Crippen molar-refractivity contribution in [1.29, 1.82) is 0 Å². The lowest BCUT2D eigenvalue weighted by atomic mass is 9.96. The fourth-order valence-electron chi connectivity index (χ4n) is 2.77. The molecule has 1 saturated heterocycles. The van der Waals surface area contributed by atoms with Gasteiger partial charge in [-0.3, -0.25) is 14.2 Å². The summed E-state index contributed by atoms with van der Waals surface area (Å²) in [5, 5.41) is 3.56. The van der Waals surface area contributed by atoms with Crippen LogP contribution in [-0.2, 0) is 6.54 Å². The summed E-state index contributed by atoms with van der Waals surface area (Å²) < 4.78 is 6.57. The maximum Gasteiger partial charge on any atom is 0.292 e. The largest absolute Gasteiger partial charge is 0.351 e. The number of carbonyl (C=O) groups excluding carboxylic acids is 1. The predicted molar refractivity (Wildman–Crippen MR) is 78.4 cm³/mol. The fourth-order valence-corrected chi connectivity index (χ4v) is 2.77. The third kappa shape index (κ3) is 2.93. The Balaban J connectivity index is 1.59. The summed E-state index contributed by atoms with van der Waals surface area (Å²) in [4.78, 5) is 30.0. The zero-order valence-corrected chi connectivity index (χ0v) is 12.4. The molecule has 0 radical (unpaired) electrons. The predicted octanol–water partition coefficient (Wildman–Crippen LogP) is 1.09. The number of hydrogen-bond acceptors (Lipinski definition) is 5. The number of amides is 1. The van der Waals surface area contributed by atoms with Crippen molar-refractivity contribution < 1.29 is 9.32 Å². The van der Waals surface area contributed by atoms with Gasteiger partial charge in [0, 0.05) is 37.5 Å². The Morgan fingerprint density at radius 2 is 2.18 bits per heavy atom. The van der Waals surface area contributed by atoms with Gasteiger partial charge in [0.05, 0.1) is 12.5 Å². The van der Waals surface area contributed by atoms with E-state index in [1.165, 1.54) is 6.20 Å². The molecule has 3 rings (SSSR count). The minimum Gasteiger partial charge on any atom is -0.351 e. The molecule has 2 aromatic rings. The molecule has 2 aromatic heterocycles. The minimum atomic E-state index is -0.120. The molecular weight excluding hydrogens is 284 g/mol. The molecule has 22 heavy (non-hydrogen) atoms. The molecular formula is C15H18N4O3. The van der Waals surface area contributed by atoms with Gasteiger partial charge in [-0.2, -0.15) is 0 Å². The number of piperidine rings is 1. The van der Waals surface area contributed by atoms with Gasteiger partial charge in [-0.1, -0.05) is 5.16 Å². The second kappa shape index (κ2) is 6.13. The van der Waals surface area contributed by atoms with Crippen molar-refractivity contribution in [3.8, 4) is 0 Å². The number of aryl methyl sites for hydroxylation is 1. The Labute approximate surface area is 127 Å². The Hall–Kier alpha value is -2.44. The van der Waals surface area contributed by atoms with Gasteiger partial charge < -0.3 is 9.42 Å². The molecule has 0 spiro atoms. The Morgan fingerprint density at radius 3 is 2.86 bits per heavy atom. The van der Waals surface area contributed by atoms with Crippen LogP contribution >= 0.6 is 0 Å². The van der Waals surface area contributed by atoms with E-state index in [2.05, 4.69) is 10.1 Å². The summed E-state index contributed by atoms with van der Waals surface area (Å²) in [6, 6.07) is 1.58. The van der Waals surface area contributed by atoms with E-state index in [-0.39, 0.29) is 17.2 Å². The molecule has 116 valence electrons. The maximum atomic E-state index is 12.2. The summed E-state index contributed by atoms with van der Waals surface area (Å²) in [5.74, 6) is 0.531. The van der Waals surface area contributed by atoms with Gasteiger partial charge in [0.15, 0.2) is 0 Å². The lowest BCUT2D eigenvalue weighted by Gasteiger charge is -2.31. The van der Waals surface area contributed by atoms with Crippen LogP contribution in [0.25, 0.3) is 0 Å². The first-order valence-electron chi connectivity index (χ1n) is 7.36. The highest BCUT2D eigenvalue weighted by atomic mass is 16.5. The highest BCUT2D eigenvalue weighted by Gasteiger charge is 2.25. The average Bonchev–Trinajstić information content (AvgIpc) is 3.06. The van der Waals surface area contributed by atoms with E-state index in [1.54, 1.807) is 35.0 Å². The second-order valence-corrected chi connectivity index (χ2v) is 5.65. The van der Waals surface area contributed by atoms with E-state index < -0.39 is 0 Å². The molecule has 0 atom stereocenters. The van der Waals surface area contributed by atoms with E-state index in [9.17, 15) is 9.59 Å². The van der Waals surface area contributed by atoms with Crippen molar-refractivity contribution in [1.82, 2.24) is 19.6 Å². The number of hydrogen-bond donors (Lipinski definition) is 0. The first-order valence-corrected chi connectivity index (χ1v) is 7.36. The van der Waals surface area contributed by atoms with Crippen molar-refractivity contribution in [2.75, 3.05) is 13.1 Å². The Kier molecular flexibility index (Phi) is 4.04. The number of aromatic nitrogens is 3. The molecule has 0 aliphatic carbocycles. The van der Waals surface area contributed by atoms with Gasteiger partial charge in [0.2, 0.25) is 5.76 Å². The summed E-state index contributed by atoms with van der Waals surface area (Å²) in [5.41, 5.74) is 0.663. The first-order chi connectivity index (χ1) is 10.6. The number of rotatable bonds is 3. The maximum absolute atomic E-state index is 12.2. The molecule has 0 saturated carbocycles. The SMILES string of the molecule is Cc1cncn(CC2CCN(C(=O)c3ccno3)CC2)c1=O. The van der Waals surface area contributed by atoms with Gasteiger partial charge in [-0.15, -0.1) is 0 Å². The molecule has 3 heterocycles. The molecule has 0 N–H and O–H groups in total. The van der Waals surface area contributed by atoms with Gasteiger partial charge in [-0.05, 0) is 25.7 Å². The molecule has 0 bridgehead atoms. The van der Waals surface area contributed by atoms with E-state index in [4.69, 9.17) is 4.52 Å². The smallest absolute Gasteiger partial charge is 0.292 e. The van der Waals surface area contributed by atoms with Gasteiger partial charge in [-0.25, -0.2) is 4.98 Å². The van der Waals surface area contributed by atoms with E-state index >= 15 is 0 Å². The van der Waals surface area contributed by atoms with Crippen LogP contribution < -0.4 is 5.56 Å². The van der Waals surface area contributed by atoms with Crippen LogP contribution in [0.3, 0.4) is 0 Å². The van der Waals surface area contributed by atoms with E-state index in [1.807, 2.05) is 0 Å². The summed E-state index contributed by atoms with van der Waals surface area (Å²) in [7, 11) is 0. The lowest BCUT2D eigenvalue weighted by Crippen LogP contribution is -2.40. The highest BCUT2D eigenvalue weighted by molar-refractivity contribution is 5.91. The monoisotopic (exact) mass is 302 g/mol. The van der Waals surface area contributed by atoms with Crippen molar-refractivity contribution in [3.05, 3.63) is 46.5 Å². The highest BCUT2D eigenvalue weighted by Crippen LogP contribution is 2.20. The van der Waals surface area contributed by atoms with Crippen molar-refractivity contribution in [2.45, 2.75) is 26.3 Å². The quantitative estimate of drug-likeness (QED) is 0.848. The normalized spacial score (nSPS) is 16.0. The molecule has 7 heteroatoms. The third-order valence-corrected chi connectivity index (χ3v) is 4.08. The molecule has 1 fully saturated rings. The van der Waals surface area contributed by atoms with Crippen LogP contribution in [-0.4, -0.2) is 38.6 Å². The Bertz CT molecular complexity index is 700. The molecule has 0 unspecified atom stereocenters. The van der Waals surface area contributed by atoms with Crippen LogP contribution in [0.4, 0.5) is 0 Å². The van der Waals surface area contributed by atoms with Crippen molar-refractivity contribution in [3.63, 3.8) is 0 Å².